The summed E-state index contributed by atoms with van der Waals surface area (Å²) >= 11 is 6.89. The van der Waals surface area contributed by atoms with Crippen molar-refractivity contribution in [3.63, 3.8) is 0 Å². The quantitative estimate of drug-likeness (QED) is 0.181. The number of fused-ring (bicyclic) bond motifs is 1. The van der Waals surface area contributed by atoms with Gasteiger partial charge in [0.25, 0.3) is 5.91 Å². The van der Waals surface area contributed by atoms with Crippen LogP contribution in [-0.2, 0) is 10.9 Å². The van der Waals surface area contributed by atoms with Crippen molar-refractivity contribution in [2.45, 2.75) is 6.92 Å². The highest BCUT2D eigenvalue weighted by atomic mass is 35.5. The van der Waals surface area contributed by atoms with Crippen LogP contribution >= 0.6 is 22.9 Å². The molecule has 0 spiro atoms. The van der Waals surface area contributed by atoms with Gasteiger partial charge >= 0.3 is 0 Å². The molecule has 2 aromatic carbocycles. The van der Waals surface area contributed by atoms with E-state index >= 15 is 0 Å². The predicted octanol–water partition coefficient (Wildman–Crippen LogP) is 3.36. The van der Waals surface area contributed by atoms with Gasteiger partial charge in [0.1, 0.15) is 10.2 Å². The maximum absolute atomic E-state index is 13.8. The number of likely N-dealkylation sites (N-methyl/N-ethyl adjacent to an activating group) is 1. The van der Waals surface area contributed by atoms with E-state index in [0.717, 1.165) is 27.1 Å². The number of aromatic nitrogens is 3. The lowest BCUT2D eigenvalue weighted by atomic mass is 10.1. The Kier molecular flexibility index (Phi) is 7.80. The van der Waals surface area contributed by atoms with E-state index in [1.165, 1.54) is 30.6 Å². The summed E-state index contributed by atoms with van der Waals surface area (Å²) in [5.41, 5.74) is 1.47. The molecule has 35 heavy (non-hydrogen) atoms. The first-order valence-corrected chi connectivity index (χ1v) is 12.8. The van der Waals surface area contributed by atoms with Crippen LogP contribution < -0.4 is 20.4 Å². The minimum atomic E-state index is -3.16. The lowest BCUT2D eigenvalue weighted by molar-refractivity contribution is 0.102. The Morgan fingerprint density at radius 3 is 2.74 bits per heavy atom. The fourth-order valence-corrected chi connectivity index (χ4v) is 4.96. The number of rotatable bonds is 10. The molecular weight excluding hydrogens is 517 g/mol. The number of benzene rings is 2. The van der Waals surface area contributed by atoms with Crippen LogP contribution in [0.1, 0.15) is 17.3 Å². The number of halogens is 2. The van der Waals surface area contributed by atoms with Crippen molar-refractivity contribution >= 4 is 67.1 Å². The zero-order valence-corrected chi connectivity index (χ0v) is 20.8. The molecule has 2 heterocycles. The van der Waals surface area contributed by atoms with Gasteiger partial charge in [-0.1, -0.05) is 35.9 Å². The van der Waals surface area contributed by atoms with Crippen LogP contribution in [0.5, 0.6) is 0 Å². The normalized spacial score (nSPS) is 11.2. The molecule has 0 aliphatic heterocycles. The van der Waals surface area contributed by atoms with Crippen LogP contribution in [0, 0.1) is 5.82 Å². The third-order valence-electron chi connectivity index (χ3n) is 4.91. The van der Waals surface area contributed by atoms with E-state index in [1.54, 1.807) is 18.2 Å². The number of anilines is 3. The first-order valence-electron chi connectivity index (χ1n) is 10.5. The monoisotopic (exact) mass is 537 g/mol. The minimum absolute atomic E-state index is 0.102. The maximum atomic E-state index is 13.8. The lowest BCUT2D eigenvalue weighted by Gasteiger charge is -2.15. The number of nitrogens with zero attached hydrogens (tertiary/aromatic N) is 4. The second kappa shape index (κ2) is 11.0. The smallest absolute Gasteiger partial charge is 0.256 e. The topological polar surface area (TPSA) is 121 Å². The number of amides is 1. The number of nitrogens with one attached hydrogen (secondary N) is 3. The van der Waals surface area contributed by atoms with Crippen molar-refractivity contribution in [1.29, 1.82) is 0 Å². The van der Waals surface area contributed by atoms with Crippen LogP contribution in [0.15, 0.2) is 48.8 Å². The van der Waals surface area contributed by atoms with Crippen LogP contribution in [0.4, 0.5) is 20.9 Å². The molecule has 0 aliphatic rings. The number of carbonyl (C=O) groups is 1. The van der Waals surface area contributed by atoms with Gasteiger partial charge in [-0.2, -0.15) is 9.89 Å². The molecule has 0 radical (unpaired) electrons. The Balaban J connectivity index is 1.64. The summed E-state index contributed by atoms with van der Waals surface area (Å²) in [5, 5.41) is 13.8. The number of thiol groups is 1. The number of hydrogen-bond donors (Lipinski definition) is 4. The van der Waals surface area contributed by atoms with Gasteiger partial charge in [0.15, 0.2) is 0 Å². The van der Waals surface area contributed by atoms with Crippen LogP contribution in [0.2, 0.25) is 4.34 Å². The number of thiazole rings is 1. The zero-order valence-electron chi connectivity index (χ0n) is 18.4. The average molecular weight is 538 g/mol. The maximum Gasteiger partial charge on any atom is 0.256 e. The van der Waals surface area contributed by atoms with Gasteiger partial charge < -0.3 is 16.0 Å². The molecule has 0 bridgehead atoms. The molecular formula is C21H21ClFN7O3S2. The van der Waals surface area contributed by atoms with Gasteiger partial charge in [-0.05, 0) is 36.9 Å². The summed E-state index contributed by atoms with van der Waals surface area (Å²) < 4.78 is 39.0. The highest BCUT2D eigenvalue weighted by molar-refractivity contribution is 7.74. The zero-order chi connectivity index (χ0) is 24.9. The molecule has 0 aliphatic carbocycles. The third-order valence-corrected chi connectivity index (χ3v) is 6.80. The molecule has 3 N–H and O–H groups in total. The van der Waals surface area contributed by atoms with Gasteiger partial charge in [-0.3, -0.25) is 4.79 Å². The molecule has 2 aromatic heterocycles. The lowest BCUT2D eigenvalue weighted by Crippen LogP contribution is -2.28. The fourth-order valence-electron chi connectivity index (χ4n) is 3.37. The molecule has 1 amide bonds. The molecule has 0 unspecified atom stereocenters. The van der Waals surface area contributed by atoms with Gasteiger partial charge in [0, 0.05) is 18.5 Å². The van der Waals surface area contributed by atoms with Crippen LogP contribution in [-0.4, -0.2) is 48.8 Å². The molecule has 184 valence electrons. The highest BCUT2D eigenvalue weighted by Gasteiger charge is 2.21. The van der Waals surface area contributed by atoms with Gasteiger partial charge in [-0.15, -0.1) is 4.41 Å². The van der Waals surface area contributed by atoms with E-state index < -0.39 is 22.6 Å². The summed E-state index contributed by atoms with van der Waals surface area (Å²) in [6.07, 6.45) is 2.73. The highest BCUT2D eigenvalue weighted by Crippen LogP contribution is 2.29. The van der Waals surface area contributed by atoms with Crippen molar-refractivity contribution in [3.05, 3.63) is 64.5 Å². The number of hydrogen-bond acceptors (Lipinski definition) is 8. The molecule has 0 saturated heterocycles. The van der Waals surface area contributed by atoms with Gasteiger partial charge in [0.2, 0.25) is 16.0 Å². The van der Waals surface area contributed by atoms with Gasteiger partial charge in [-0.25, -0.2) is 17.8 Å². The van der Waals surface area contributed by atoms with E-state index in [9.17, 15) is 17.6 Å². The average Bonchev–Trinajstić information content (AvgIpc) is 3.45. The Labute approximate surface area is 210 Å². The van der Waals surface area contributed by atoms with Crippen LogP contribution in [0.25, 0.3) is 10.9 Å². The van der Waals surface area contributed by atoms with Crippen molar-refractivity contribution in [2.75, 3.05) is 34.7 Å². The molecule has 4 rings (SSSR count). The van der Waals surface area contributed by atoms with Crippen LogP contribution in [0.3, 0.4) is 0 Å². The Bertz CT molecular complexity index is 1430. The second-order valence-corrected chi connectivity index (χ2v) is 9.67. The summed E-state index contributed by atoms with van der Waals surface area (Å²) in [5.74, 6) is -0.904. The van der Waals surface area contributed by atoms with E-state index in [2.05, 4.69) is 26.0 Å². The summed E-state index contributed by atoms with van der Waals surface area (Å²) in [6.45, 7) is 3.99. The molecule has 4 aromatic rings. The van der Waals surface area contributed by atoms with Gasteiger partial charge in [0.05, 0.1) is 34.8 Å². The predicted molar refractivity (Wildman–Crippen MR) is 136 cm³/mol. The van der Waals surface area contributed by atoms with E-state index in [-0.39, 0.29) is 10.7 Å². The molecule has 10 nitrogen and oxygen atoms in total. The summed E-state index contributed by atoms with van der Waals surface area (Å²) in [4.78, 5) is 18.3. The van der Waals surface area contributed by atoms with E-state index in [0.29, 0.717) is 39.7 Å². The first-order chi connectivity index (χ1) is 16.9. The SMILES string of the molecule is CCNCCNc1cc(F)ccc1NC(=O)c1cccc2c1cnn2N(c1ncc(Cl)s1)[SH](=O)=O. The van der Waals surface area contributed by atoms with E-state index in [4.69, 9.17) is 11.6 Å². The second-order valence-electron chi connectivity index (χ2n) is 7.17. The largest absolute Gasteiger partial charge is 0.382 e. The third kappa shape index (κ3) is 5.53. The van der Waals surface area contributed by atoms with Crippen molar-refractivity contribution in [3.8, 4) is 0 Å². The van der Waals surface area contributed by atoms with Crippen molar-refractivity contribution in [2.24, 2.45) is 0 Å². The summed E-state index contributed by atoms with van der Waals surface area (Å²) in [6, 6.07) is 8.87. The van der Waals surface area contributed by atoms with E-state index in [1.807, 2.05) is 6.92 Å². The molecule has 0 fully saturated rings. The Morgan fingerprint density at radius 2 is 2.03 bits per heavy atom. The molecule has 0 saturated carbocycles. The Morgan fingerprint density at radius 1 is 1.20 bits per heavy atom. The molecule has 0 atom stereocenters. The van der Waals surface area contributed by atoms with Crippen molar-refractivity contribution < 1.29 is 17.6 Å². The molecule has 14 heteroatoms. The minimum Gasteiger partial charge on any atom is -0.382 e. The van der Waals surface area contributed by atoms with Crippen molar-refractivity contribution in [1.82, 2.24) is 20.2 Å². The standard InChI is InChI=1S/C21H21ClFN7O3S2/c1-2-24-8-9-25-17-10-13(23)6-7-16(17)28-20(31)14-4-3-5-18-15(14)11-27-29(18)30(35(32)33)21-26-12-19(22)34-21/h3-7,10-12,24-25,35H,2,8-9H2,1H3,(H,28,31). The summed E-state index contributed by atoms with van der Waals surface area (Å²) in [7, 11) is -3.16. The first kappa shape index (κ1) is 24.9. The Hall–Kier alpha value is -3.26. The fraction of sp³-hybridized carbons (Fsp3) is 0.190. The number of carbonyl (C=O) groups excluding carboxylic acids is 1.